The summed E-state index contributed by atoms with van der Waals surface area (Å²) >= 11 is 0. The molecule has 19 heavy (non-hydrogen) atoms. The van der Waals surface area contributed by atoms with Gasteiger partial charge < -0.3 is 15.7 Å². The van der Waals surface area contributed by atoms with Crippen molar-refractivity contribution in [1.29, 1.82) is 0 Å². The molecule has 4 nitrogen and oxygen atoms in total. The van der Waals surface area contributed by atoms with Crippen LogP contribution in [0.1, 0.15) is 32.8 Å². The van der Waals surface area contributed by atoms with Crippen molar-refractivity contribution >= 4 is 11.6 Å². The number of aliphatic hydroxyl groups is 1. The summed E-state index contributed by atoms with van der Waals surface area (Å²) in [6, 6.07) is 7.38. The van der Waals surface area contributed by atoms with Crippen LogP contribution in [-0.4, -0.2) is 29.2 Å². The van der Waals surface area contributed by atoms with E-state index in [2.05, 4.69) is 10.6 Å². The van der Waals surface area contributed by atoms with Gasteiger partial charge in [0.2, 0.25) is 5.91 Å². The van der Waals surface area contributed by atoms with Gasteiger partial charge in [-0.25, -0.2) is 0 Å². The summed E-state index contributed by atoms with van der Waals surface area (Å²) in [5, 5.41) is 15.1. The number of carbonyl (C=O) groups excluding carboxylic acids is 1. The lowest BCUT2D eigenvalue weighted by molar-refractivity contribution is -0.118. The van der Waals surface area contributed by atoms with E-state index in [-0.39, 0.29) is 24.1 Å². The van der Waals surface area contributed by atoms with Crippen LogP contribution in [0.15, 0.2) is 24.3 Å². The van der Waals surface area contributed by atoms with Gasteiger partial charge in [-0.05, 0) is 46.2 Å². The van der Waals surface area contributed by atoms with Crippen LogP contribution in [0.25, 0.3) is 0 Å². The third kappa shape index (κ3) is 5.41. The number of hydrogen-bond acceptors (Lipinski definition) is 3. The second-order valence-electron chi connectivity index (χ2n) is 5.58. The SMILES string of the molecule is Cc1ccc(NC(=O)C(C)NC(C)(C)CCO)cc1. The van der Waals surface area contributed by atoms with Gasteiger partial charge in [0, 0.05) is 17.8 Å². The zero-order valence-corrected chi connectivity index (χ0v) is 12.2. The van der Waals surface area contributed by atoms with E-state index < -0.39 is 0 Å². The van der Waals surface area contributed by atoms with Crippen molar-refractivity contribution < 1.29 is 9.90 Å². The standard InChI is InChI=1S/C15H24N2O2/c1-11-5-7-13(8-6-11)16-14(19)12(2)17-15(3,4)9-10-18/h5-8,12,17-18H,9-10H2,1-4H3,(H,16,19). The topological polar surface area (TPSA) is 61.4 Å². The van der Waals surface area contributed by atoms with Crippen molar-refractivity contribution in [3.8, 4) is 0 Å². The number of rotatable bonds is 6. The fraction of sp³-hybridized carbons (Fsp3) is 0.533. The van der Waals surface area contributed by atoms with Crippen molar-refractivity contribution in [3.63, 3.8) is 0 Å². The van der Waals surface area contributed by atoms with Crippen LogP contribution >= 0.6 is 0 Å². The second-order valence-corrected chi connectivity index (χ2v) is 5.58. The molecule has 0 aromatic heterocycles. The summed E-state index contributed by atoms with van der Waals surface area (Å²) in [6.45, 7) is 7.87. The van der Waals surface area contributed by atoms with E-state index >= 15 is 0 Å². The van der Waals surface area contributed by atoms with Gasteiger partial charge in [0.05, 0.1) is 6.04 Å². The third-order valence-electron chi connectivity index (χ3n) is 3.06. The Bertz CT molecular complexity index is 413. The molecule has 0 fully saturated rings. The van der Waals surface area contributed by atoms with E-state index in [1.807, 2.05) is 52.0 Å². The van der Waals surface area contributed by atoms with Gasteiger partial charge in [0.1, 0.15) is 0 Å². The molecule has 0 spiro atoms. The molecule has 0 saturated carbocycles. The lowest BCUT2D eigenvalue weighted by Gasteiger charge is -2.29. The van der Waals surface area contributed by atoms with Crippen LogP contribution < -0.4 is 10.6 Å². The van der Waals surface area contributed by atoms with Crippen LogP contribution in [0.3, 0.4) is 0 Å². The molecule has 0 bridgehead atoms. The highest BCUT2D eigenvalue weighted by Crippen LogP contribution is 2.11. The van der Waals surface area contributed by atoms with E-state index in [1.165, 1.54) is 0 Å². The van der Waals surface area contributed by atoms with Crippen LogP contribution in [0, 0.1) is 6.92 Å². The number of aliphatic hydroxyl groups excluding tert-OH is 1. The summed E-state index contributed by atoms with van der Waals surface area (Å²) in [6.07, 6.45) is 0.606. The normalized spacial score (nSPS) is 13.1. The number of carbonyl (C=O) groups is 1. The lowest BCUT2D eigenvalue weighted by atomic mass is 10.00. The molecule has 0 saturated heterocycles. The maximum absolute atomic E-state index is 12.0. The Balaban J connectivity index is 2.55. The van der Waals surface area contributed by atoms with Crippen molar-refractivity contribution in [3.05, 3.63) is 29.8 Å². The van der Waals surface area contributed by atoms with Gasteiger partial charge in [-0.3, -0.25) is 4.79 Å². The van der Waals surface area contributed by atoms with E-state index in [1.54, 1.807) is 0 Å². The molecule has 1 unspecified atom stereocenters. The zero-order chi connectivity index (χ0) is 14.5. The van der Waals surface area contributed by atoms with Crippen LogP contribution in [0.5, 0.6) is 0 Å². The number of aryl methyl sites for hydroxylation is 1. The van der Waals surface area contributed by atoms with Gasteiger partial charge in [0.15, 0.2) is 0 Å². The summed E-state index contributed by atoms with van der Waals surface area (Å²) in [4.78, 5) is 12.0. The first-order valence-corrected chi connectivity index (χ1v) is 6.60. The largest absolute Gasteiger partial charge is 0.396 e. The van der Waals surface area contributed by atoms with Crippen molar-refractivity contribution in [2.45, 2.75) is 45.7 Å². The predicted octanol–water partition coefficient (Wildman–Crippen LogP) is 2.07. The molecule has 1 atom stereocenters. The molecule has 3 N–H and O–H groups in total. The smallest absolute Gasteiger partial charge is 0.241 e. The summed E-state index contributed by atoms with van der Waals surface area (Å²) in [5.41, 5.74) is 1.69. The van der Waals surface area contributed by atoms with Gasteiger partial charge in [0.25, 0.3) is 0 Å². The molecule has 4 heteroatoms. The lowest BCUT2D eigenvalue weighted by Crippen LogP contribution is -2.50. The predicted molar refractivity (Wildman–Crippen MR) is 78.2 cm³/mol. The molecule has 0 aliphatic carbocycles. The first-order chi connectivity index (χ1) is 8.84. The maximum Gasteiger partial charge on any atom is 0.241 e. The number of benzene rings is 1. The minimum Gasteiger partial charge on any atom is -0.396 e. The fourth-order valence-electron chi connectivity index (χ4n) is 1.89. The molecule has 1 aromatic carbocycles. The van der Waals surface area contributed by atoms with Crippen molar-refractivity contribution in [1.82, 2.24) is 5.32 Å². The highest BCUT2D eigenvalue weighted by Gasteiger charge is 2.23. The average molecular weight is 264 g/mol. The minimum atomic E-state index is -0.317. The molecule has 0 radical (unpaired) electrons. The highest BCUT2D eigenvalue weighted by molar-refractivity contribution is 5.94. The van der Waals surface area contributed by atoms with E-state index in [9.17, 15) is 4.79 Å². The molecule has 1 rings (SSSR count). The third-order valence-corrected chi connectivity index (χ3v) is 3.06. The molecule has 0 heterocycles. The van der Waals surface area contributed by atoms with Crippen LogP contribution in [-0.2, 0) is 4.79 Å². The van der Waals surface area contributed by atoms with Crippen molar-refractivity contribution in [2.24, 2.45) is 0 Å². The fourth-order valence-corrected chi connectivity index (χ4v) is 1.89. The molecular weight excluding hydrogens is 240 g/mol. The molecule has 1 aromatic rings. The molecule has 106 valence electrons. The van der Waals surface area contributed by atoms with Crippen LogP contribution in [0.2, 0.25) is 0 Å². The molecule has 1 amide bonds. The Morgan fingerprint density at radius 1 is 1.32 bits per heavy atom. The minimum absolute atomic E-state index is 0.0742. The molecule has 0 aliphatic heterocycles. The number of amides is 1. The Kier molecular flexibility index (Phi) is 5.51. The molecule has 0 aliphatic rings. The second kappa shape index (κ2) is 6.68. The monoisotopic (exact) mass is 264 g/mol. The van der Waals surface area contributed by atoms with Gasteiger partial charge in [-0.15, -0.1) is 0 Å². The van der Waals surface area contributed by atoms with E-state index in [0.29, 0.717) is 6.42 Å². The molecular formula is C15H24N2O2. The first-order valence-electron chi connectivity index (χ1n) is 6.60. The van der Waals surface area contributed by atoms with Crippen molar-refractivity contribution in [2.75, 3.05) is 11.9 Å². The van der Waals surface area contributed by atoms with Gasteiger partial charge in [-0.1, -0.05) is 17.7 Å². The number of hydrogen-bond donors (Lipinski definition) is 3. The Labute approximate surface area is 115 Å². The summed E-state index contributed by atoms with van der Waals surface area (Å²) < 4.78 is 0. The average Bonchev–Trinajstić information content (AvgIpc) is 2.31. The van der Waals surface area contributed by atoms with Gasteiger partial charge in [-0.2, -0.15) is 0 Å². The van der Waals surface area contributed by atoms with Crippen LogP contribution in [0.4, 0.5) is 5.69 Å². The van der Waals surface area contributed by atoms with Gasteiger partial charge >= 0.3 is 0 Å². The first kappa shape index (κ1) is 15.7. The van der Waals surface area contributed by atoms with E-state index in [4.69, 9.17) is 5.11 Å². The Morgan fingerprint density at radius 3 is 2.42 bits per heavy atom. The van der Waals surface area contributed by atoms with E-state index in [0.717, 1.165) is 11.3 Å². The summed E-state index contributed by atoms with van der Waals surface area (Å²) in [7, 11) is 0. The number of anilines is 1. The number of nitrogens with one attached hydrogen (secondary N) is 2. The Hall–Kier alpha value is -1.39. The highest BCUT2D eigenvalue weighted by atomic mass is 16.3. The maximum atomic E-state index is 12.0. The zero-order valence-electron chi connectivity index (χ0n) is 12.2. The quantitative estimate of drug-likeness (QED) is 0.737. The summed E-state index contributed by atoms with van der Waals surface area (Å²) in [5.74, 6) is -0.0742. The Morgan fingerprint density at radius 2 is 1.89 bits per heavy atom.